The fourth-order valence-corrected chi connectivity index (χ4v) is 5.27. The largest absolute Gasteiger partial charge is 0.497 e. The molecule has 2 aliphatic rings. The molecule has 1 atom stereocenters. The minimum atomic E-state index is 0.387. The Morgan fingerprint density at radius 2 is 1.83 bits per heavy atom. The van der Waals surface area contributed by atoms with Crippen molar-refractivity contribution in [3.8, 4) is 5.75 Å². The topological polar surface area (TPSA) is 61.7 Å². The van der Waals surface area contributed by atoms with Crippen LogP contribution in [0.2, 0.25) is 0 Å². The molecule has 4 rings (SSSR count). The van der Waals surface area contributed by atoms with Gasteiger partial charge < -0.3 is 14.5 Å². The molecule has 1 aromatic carbocycles. The van der Waals surface area contributed by atoms with E-state index in [1.54, 1.807) is 12.0 Å². The molecule has 2 aromatic rings. The Morgan fingerprint density at radius 3 is 2.48 bits per heavy atom. The van der Waals surface area contributed by atoms with Crippen molar-refractivity contribution in [1.82, 2.24) is 20.2 Å². The number of piperazine rings is 1. The lowest BCUT2D eigenvalue weighted by Crippen LogP contribution is -3.29. The van der Waals surface area contributed by atoms with Gasteiger partial charge in [0, 0.05) is 6.42 Å². The van der Waals surface area contributed by atoms with E-state index in [1.165, 1.54) is 57.4 Å². The van der Waals surface area contributed by atoms with E-state index in [0.29, 0.717) is 12.6 Å². The first-order chi connectivity index (χ1) is 14.3. The molecule has 29 heavy (non-hydrogen) atoms. The lowest BCUT2D eigenvalue weighted by molar-refractivity contribution is -1.04. The third kappa shape index (κ3) is 4.78. The molecular weight excluding hydrogens is 364 g/mol. The second-order valence-corrected chi connectivity index (χ2v) is 8.68. The molecule has 158 valence electrons. The Bertz CT molecular complexity index is 747. The molecule has 1 aliphatic carbocycles. The SMILES string of the molecule is CCC[C@H](c1nnnn1Cc1ccc(OC)cc1)[NH+]1CC[NH+](C2CCCC2)CC1. The van der Waals surface area contributed by atoms with Crippen LogP contribution in [-0.4, -0.2) is 59.5 Å². The molecule has 1 saturated heterocycles. The lowest BCUT2D eigenvalue weighted by atomic mass is 10.1. The number of nitrogens with zero attached hydrogens (tertiary/aromatic N) is 4. The van der Waals surface area contributed by atoms with Crippen LogP contribution in [-0.2, 0) is 6.54 Å². The first-order valence-corrected chi connectivity index (χ1v) is 11.4. The Morgan fingerprint density at radius 1 is 1.10 bits per heavy atom. The minimum Gasteiger partial charge on any atom is -0.497 e. The van der Waals surface area contributed by atoms with Gasteiger partial charge in [-0.15, -0.1) is 5.10 Å². The highest BCUT2D eigenvalue weighted by atomic mass is 16.5. The number of hydrogen-bond donors (Lipinski definition) is 2. The predicted molar refractivity (Wildman–Crippen MR) is 111 cm³/mol. The summed E-state index contributed by atoms with van der Waals surface area (Å²) in [6.45, 7) is 8.02. The summed E-state index contributed by atoms with van der Waals surface area (Å²) in [5, 5.41) is 12.9. The third-order valence-electron chi connectivity index (χ3n) is 6.90. The van der Waals surface area contributed by atoms with Gasteiger partial charge in [0.2, 0.25) is 5.82 Å². The molecular formula is C22H36N6O+2. The highest BCUT2D eigenvalue weighted by Gasteiger charge is 2.36. The van der Waals surface area contributed by atoms with E-state index >= 15 is 0 Å². The van der Waals surface area contributed by atoms with Crippen LogP contribution in [0.25, 0.3) is 0 Å². The maximum absolute atomic E-state index is 5.27. The quantitative estimate of drug-likeness (QED) is 0.669. The van der Waals surface area contributed by atoms with Crippen molar-refractivity contribution < 1.29 is 14.5 Å². The maximum Gasteiger partial charge on any atom is 0.209 e. The zero-order valence-electron chi connectivity index (χ0n) is 17.9. The van der Waals surface area contributed by atoms with Gasteiger partial charge in [0.05, 0.1) is 19.7 Å². The van der Waals surface area contributed by atoms with E-state index in [9.17, 15) is 0 Å². The van der Waals surface area contributed by atoms with Gasteiger partial charge in [0.1, 0.15) is 38.0 Å². The summed E-state index contributed by atoms with van der Waals surface area (Å²) in [6, 6.07) is 9.49. The molecule has 1 aliphatic heterocycles. The summed E-state index contributed by atoms with van der Waals surface area (Å²) in [5.74, 6) is 1.92. The van der Waals surface area contributed by atoms with Crippen LogP contribution in [0.1, 0.15) is 62.9 Å². The summed E-state index contributed by atoms with van der Waals surface area (Å²) in [6.07, 6.45) is 8.03. The second kappa shape index (κ2) is 9.67. The van der Waals surface area contributed by atoms with Gasteiger partial charge in [-0.2, -0.15) is 0 Å². The number of hydrogen-bond acceptors (Lipinski definition) is 4. The molecule has 2 fully saturated rings. The van der Waals surface area contributed by atoms with Crippen molar-refractivity contribution in [2.75, 3.05) is 33.3 Å². The minimum absolute atomic E-state index is 0.387. The normalized spacial score (nSPS) is 23.9. The van der Waals surface area contributed by atoms with E-state index in [-0.39, 0.29) is 0 Å². The number of methoxy groups -OCH3 is 1. The smallest absolute Gasteiger partial charge is 0.209 e. The highest BCUT2D eigenvalue weighted by molar-refractivity contribution is 5.27. The van der Waals surface area contributed by atoms with Crippen LogP contribution in [0.4, 0.5) is 0 Å². The van der Waals surface area contributed by atoms with Crippen molar-refractivity contribution in [1.29, 1.82) is 0 Å². The summed E-state index contributed by atoms with van der Waals surface area (Å²) < 4.78 is 7.28. The number of quaternary nitrogens is 2. The number of tetrazole rings is 1. The van der Waals surface area contributed by atoms with Gasteiger partial charge in [-0.1, -0.05) is 25.5 Å². The van der Waals surface area contributed by atoms with Crippen molar-refractivity contribution in [2.45, 2.75) is 64.1 Å². The molecule has 7 heteroatoms. The summed E-state index contributed by atoms with van der Waals surface area (Å²) in [7, 11) is 1.70. The summed E-state index contributed by atoms with van der Waals surface area (Å²) >= 11 is 0. The molecule has 2 heterocycles. The summed E-state index contributed by atoms with van der Waals surface area (Å²) in [5.41, 5.74) is 1.19. The van der Waals surface area contributed by atoms with Gasteiger partial charge in [0.15, 0.2) is 0 Å². The number of rotatable bonds is 8. The second-order valence-electron chi connectivity index (χ2n) is 8.68. The first-order valence-electron chi connectivity index (χ1n) is 11.4. The van der Waals surface area contributed by atoms with Crippen molar-refractivity contribution in [3.63, 3.8) is 0 Å². The van der Waals surface area contributed by atoms with Crippen LogP contribution in [0.3, 0.4) is 0 Å². The van der Waals surface area contributed by atoms with Crippen molar-refractivity contribution in [2.24, 2.45) is 0 Å². The van der Waals surface area contributed by atoms with E-state index in [2.05, 4.69) is 34.6 Å². The molecule has 0 radical (unpaired) electrons. The third-order valence-corrected chi connectivity index (χ3v) is 6.90. The van der Waals surface area contributed by atoms with E-state index < -0.39 is 0 Å². The average molecular weight is 401 g/mol. The zero-order valence-corrected chi connectivity index (χ0v) is 17.9. The lowest BCUT2D eigenvalue weighted by Gasteiger charge is -2.36. The first kappa shape index (κ1) is 20.3. The van der Waals surface area contributed by atoms with Gasteiger partial charge in [-0.3, -0.25) is 0 Å². The van der Waals surface area contributed by atoms with Crippen LogP contribution in [0.5, 0.6) is 5.75 Å². The van der Waals surface area contributed by atoms with Crippen molar-refractivity contribution in [3.05, 3.63) is 35.7 Å². The number of ether oxygens (including phenoxy) is 1. The molecule has 0 unspecified atom stereocenters. The predicted octanol–water partition coefficient (Wildman–Crippen LogP) is 0.297. The fraction of sp³-hybridized carbons (Fsp3) is 0.682. The number of aromatic nitrogens is 4. The Kier molecular flexibility index (Phi) is 6.77. The van der Waals surface area contributed by atoms with Gasteiger partial charge >= 0.3 is 0 Å². The maximum atomic E-state index is 5.27. The highest BCUT2D eigenvalue weighted by Crippen LogP contribution is 2.17. The van der Waals surface area contributed by atoms with E-state index in [0.717, 1.165) is 30.5 Å². The molecule has 0 spiro atoms. The Hall–Kier alpha value is -1.99. The Labute approximate surface area is 174 Å². The molecule has 0 bridgehead atoms. The summed E-state index contributed by atoms with van der Waals surface area (Å²) in [4.78, 5) is 3.51. The van der Waals surface area contributed by atoms with Crippen LogP contribution < -0.4 is 14.5 Å². The van der Waals surface area contributed by atoms with Gasteiger partial charge in [-0.05, 0) is 53.8 Å². The molecule has 1 saturated carbocycles. The van der Waals surface area contributed by atoms with Crippen LogP contribution in [0.15, 0.2) is 24.3 Å². The molecule has 2 N–H and O–H groups in total. The molecule has 0 amide bonds. The van der Waals surface area contributed by atoms with E-state index in [4.69, 9.17) is 4.74 Å². The zero-order chi connectivity index (χ0) is 20.1. The number of nitrogens with one attached hydrogen (secondary N) is 2. The van der Waals surface area contributed by atoms with E-state index in [1.807, 2.05) is 21.7 Å². The fourth-order valence-electron chi connectivity index (χ4n) is 5.27. The van der Waals surface area contributed by atoms with Gasteiger partial charge in [0.25, 0.3) is 0 Å². The number of benzene rings is 1. The Balaban J connectivity index is 1.44. The standard InChI is InChI=1S/C22H34N6O/c1-3-6-21(27-15-13-26(14-16-27)19-7-4-5-8-19)22-23-24-25-28(22)17-18-9-11-20(29-2)12-10-18/h9-12,19,21H,3-8,13-17H2,1-2H3/p+2/t21-/m1/s1. The average Bonchev–Trinajstić information content (AvgIpc) is 3.45. The van der Waals surface area contributed by atoms with Gasteiger partial charge in [-0.25, -0.2) is 4.68 Å². The van der Waals surface area contributed by atoms with Crippen molar-refractivity contribution >= 4 is 0 Å². The van der Waals surface area contributed by atoms with Crippen LogP contribution >= 0.6 is 0 Å². The monoisotopic (exact) mass is 400 g/mol. The van der Waals surface area contributed by atoms with Crippen LogP contribution in [0, 0.1) is 0 Å². The molecule has 7 nitrogen and oxygen atoms in total. The molecule has 1 aromatic heterocycles.